The van der Waals surface area contributed by atoms with Crippen LogP contribution in [0, 0.1) is 17.3 Å². The SMILES string of the molecule is O=C(CCC(F)(F)C(F)(F)S(=O)(=O)[O-])OC[C@]12C[C@@H]3C[C@@H](C[C@@](O)(C3)C1)C2.[Na+]. The predicted molar refractivity (Wildman–Crippen MR) is 81.8 cm³/mol. The molecule has 4 fully saturated rings. The Kier molecular flexibility index (Phi) is 6.63. The van der Waals surface area contributed by atoms with Crippen molar-refractivity contribution in [3.05, 3.63) is 0 Å². The normalized spacial score (nSPS) is 34.8. The van der Waals surface area contributed by atoms with Crippen LogP contribution < -0.4 is 29.6 Å². The van der Waals surface area contributed by atoms with Crippen molar-refractivity contribution in [2.45, 2.75) is 68.1 Å². The third-order valence-electron chi connectivity index (χ3n) is 6.07. The summed E-state index contributed by atoms with van der Waals surface area (Å²) >= 11 is 0. The second kappa shape index (κ2) is 7.64. The molecular weight excluding hydrogens is 419 g/mol. The first kappa shape index (κ1) is 24.3. The molecule has 1 N–H and O–H groups in total. The van der Waals surface area contributed by atoms with Gasteiger partial charge >= 0.3 is 46.7 Å². The van der Waals surface area contributed by atoms with Crippen LogP contribution >= 0.6 is 0 Å². The van der Waals surface area contributed by atoms with E-state index in [9.17, 15) is 40.4 Å². The first-order valence-electron chi connectivity index (χ1n) is 8.76. The number of carbonyl (C=O) groups excluding carboxylic acids is 1. The smallest absolute Gasteiger partial charge is 0.743 e. The number of hydrogen-bond acceptors (Lipinski definition) is 6. The van der Waals surface area contributed by atoms with Crippen molar-refractivity contribution < 1.29 is 74.7 Å². The van der Waals surface area contributed by atoms with E-state index >= 15 is 0 Å². The Balaban J connectivity index is 0.00000280. The van der Waals surface area contributed by atoms with Crippen molar-refractivity contribution in [2.24, 2.45) is 17.3 Å². The van der Waals surface area contributed by atoms with E-state index in [2.05, 4.69) is 0 Å². The molecule has 4 saturated carbocycles. The van der Waals surface area contributed by atoms with Gasteiger partial charge < -0.3 is 14.4 Å². The molecule has 4 rings (SSSR count). The summed E-state index contributed by atoms with van der Waals surface area (Å²) in [7, 11) is -6.57. The number of esters is 1. The maximum Gasteiger partial charge on any atom is 1.00 e. The fourth-order valence-electron chi connectivity index (χ4n) is 5.46. The number of alkyl halides is 4. The maximum atomic E-state index is 13.4. The van der Waals surface area contributed by atoms with Gasteiger partial charge in [-0.15, -0.1) is 0 Å². The van der Waals surface area contributed by atoms with Crippen LogP contribution in [0.2, 0.25) is 0 Å². The van der Waals surface area contributed by atoms with E-state index in [1.54, 1.807) is 0 Å². The number of halogens is 4. The van der Waals surface area contributed by atoms with Crippen LogP contribution in [0.4, 0.5) is 17.6 Å². The summed E-state index contributed by atoms with van der Waals surface area (Å²) in [6, 6.07) is 0. The summed E-state index contributed by atoms with van der Waals surface area (Å²) in [6.07, 6.45) is 1.39. The van der Waals surface area contributed by atoms with Crippen LogP contribution in [-0.2, 0) is 19.6 Å². The molecule has 4 atom stereocenters. The summed E-state index contributed by atoms with van der Waals surface area (Å²) in [5.41, 5.74) is -1.23. The Morgan fingerprint density at radius 2 is 1.68 bits per heavy atom. The van der Waals surface area contributed by atoms with Crippen molar-refractivity contribution in [2.75, 3.05) is 6.61 Å². The zero-order chi connectivity index (χ0) is 20.3. The monoisotopic (exact) mass is 440 g/mol. The molecule has 0 aromatic carbocycles. The Bertz CT molecular complexity index is 715. The van der Waals surface area contributed by atoms with Crippen LogP contribution in [0.25, 0.3) is 0 Å². The molecule has 4 bridgehead atoms. The zero-order valence-corrected chi connectivity index (χ0v) is 18.2. The van der Waals surface area contributed by atoms with E-state index in [0.29, 0.717) is 31.1 Å². The summed E-state index contributed by atoms with van der Waals surface area (Å²) in [4.78, 5) is 11.7. The van der Waals surface area contributed by atoms with Crippen LogP contribution in [0.5, 0.6) is 0 Å². The minimum Gasteiger partial charge on any atom is -0.743 e. The van der Waals surface area contributed by atoms with Gasteiger partial charge in [-0.05, 0) is 50.4 Å². The van der Waals surface area contributed by atoms with Crippen molar-refractivity contribution in [3.8, 4) is 0 Å². The second-order valence-electron chi connectivity index (χ2n) is 8.52. The molecular formula is C16H21F4NaO6S. The second-order valence-corrected chi connectivity index (χ2v) is 9.94. The molecule has 28 heavy (non-hydrogen) atoms. The first-order chi connectivity index (χ1) is 12.2. The fourth-order valence-corrected chi connectivity index (χ4v) is 5.93. The third kappa shape index (κ3) is 4.54. The van der Waals surface area contributed by atoms with Crippen LogP contribution in [0.3, 0.4) is 0 Å². The molecule has 156 valence electrons. The molecule has 0 aliphatic heterocycles. The molecule has 12 heteroatoms. The topological polar surface area (TPSA) is 104 Å². The van der Waals surface area contributed by atoms with E-state index < -0.39 is 51.1 Å². The zero-order valence-electron chi connectivity index (χ0n) is 15.4. The quantitative estimate of drug-likeness (QED) is 0.246. The van der Waals surface area contributed by atoms with Crippen molar-refractivity contribution in [1.29, 1.82) is 0 Å². The number of carbonyl (C=O) groups is 1. The van der Waals surface area contributed by atoms with E-state index in [4.69, 9.17) is 4.74 Å². The van der Waals surface area contributed by atoms with Gasteiger partial charge in [0.2, 0.25) is 0 Å². The van der Waals surface area contributed by atoms with Crippen molar-refractivity contribution >= 4 is 16.1 Å². The van der Waals surface area contributed by atoms with E-state index in [0.717, 1.165) is 19.3 Å². The number of rotatable bonds is 7. The van der Waals surface area contributed by atoms with Gasteiger partial charge in [0.25, 0.3) is 0 Å². The largest absolute Gasteiger partial charge is 1.00 e. The number of hydrogen-bond donors (Lipinski definition) is 1. The molecule has 0 amide bonds. The third-order valence-corrected chi connectivity index (χ3v) is 7.00. The van der Waals surface area contributed by atoms with Gasteiger partial charge in [-0.2, -0.15) is 17.6 Å². The fraction of sp³-hybridized carbons (Fsp3) is 0.938. The standard InChI is InChI=1S/C16H22F4O6S.Na/c17-15(18,16(19,20)27(23,24)25)2-1-12(21)26-9-13-4-10-3-11(5-13)7-14(22,6-10)8-13;/h10-11,22H,1-9H2,(H,23,24,25);/q;+1/p-1/t10-,11+,13-,14-;. The van der Waals surface area contributed by atoms with Gasteiger partial charge in [0, 0.05) is 11.8 Å². The van der Waals surface area contributed by atoms with Crippen molar-refractivity contribution in [3.63, 3.8) is 0 Å². The summed E-state index contributed by atoms with van der Waals surface area (Å²) in [5.74, 6) is -5.71. The van der Waals surface area contributed by atoms with E-state index in [1.165, 1.54) is 0 Å². The van der Waals surface area contributed by atoms with Gasteiger partial charge in [-0.25, -0.2) is 8.42 Å². The minimum atomic E-state index is -6.57. The first-order valence-corrected chi connectivity index (χ1v) is 10.2. The van der Waals surface area contributed by atoms with Gasteiger partial charge in [0.15, 0.2) is 10.1 Å². The molecule has 0 aromatic rings. The maximum absolute atomic E-state index is 13.4. The van der Waals surface area contributed by atoms with Gasteiger partial charge in [-0.1, -0.05) is 0 Å². The van der Waals surface area contributed by atoms with E-state index in [1.807, 2.05) is 0 Å². The molecule has 0 saturated heterocycles. The summed E-state index contributed by atoms with van der Waals surface area (Å²) in [5, 5.41) is 4.80. The Labute approximate surface area is 182 Å². The van der Waals surface area contributed by atoms with Crippen molar-refractivity contribution in [1.82, 2.24) is 0 Å². The average molecular weight is 440 g/mol. The summed E-state index contributed by atoms with van der Waals surface area (Å²) < 4.78 is 88.9. The molecule has 0 heterocycles. The van der Waals surface area contributed by atoms with Crippen LogP contribution in [0.15, 0.2) is 0 Å². The molecule has 0 aromatic heterocycles. The van der Waals surface area contributed by atoms with Gasteiger partial charge in [0.1, 0.15) is 0 Å². The molecule has 4 aliphatic carbocycles. The Morgan fingerprint density at radius 1 is 1.14 bits per heavy atom. The summed E-state index contributed by atoms with van der Waals surface area (Å²) in [6.45, 7) is -0.0943. The molecule has 0 spiro atoms. The molecule has 4 aliphatic rings. The molecule has 0 unspecified atom stereocenters. The van der Waals surface area contributed by atoms with Gasteiger partial charge in [0.05, 0.1) is 18.6 Å². The van der Waals surface area contributed by atoms with Gasteiger partial charge in [-0.3, -0.25) is 4.79 Å². The van der Waals surface area contributed by atoms with E-state index in [-0.39, 0.29) is 36.2 Å². The predicted octanol–water partition coefficient (Wildman–Crippen LogP) is -0.582. The average Bonchev–Trinajstić information content (AvgIpc) is 2.47. The minimum absolute atomic E-state index is 0. The molecule has 6 nitrogen and oxygen atoms in total. The van der Waals surface area contributed by atoms with Crippen LogP contribution in [-0.4, -0.2) is 47.4 Å². The molecule has 0 radical (unpaired) electrons. The Hall–Kier alpha value is 0.0600. The Morgan fingerprint density at radius 3 is 2.14 bits per heavy atom. The number of ether oxygens (including phenoxy) is 1. The van der Waals surface area contributed by atoms with Crippen LogP contribution in [0.1, 0.15) is 51.4 Å². The number of aliphatic hydroxyl groups is 1.